The Kier molecular flexibility index (Phi) is 5.26. The molecule has 0 aromatic heterocycles. The lowest BCUT2D eigenvalue weighted by Gasteiger charge is -2.32. The number of rotatable bonds is 5. The Morgan fingerprint density at radius 2 is 1.94 bits per heavy atom. The van der Waals surface area contributed by atoms with E-state index in [2.05, 4.69) is 16.7 Å². The summed E-state index contributed by atoms with van der Waals surface area (Å²) >= 11 is 0. The first kappa shape index (κ1) is 13.3. The topological polar surface area (TPSA) is 32.5 Å². The Morgan fingerprint density at radius 1 is 1.18 bits per heavy atom. The van der Waals surface area contributed by atoms with E-state index in [1.54, 1.807) is 0 Å². The number of nitrogens with two attached hydrogens (primary N) is 1. The fourth-order valence-electron chi connectivity index (χ4n) is 3.12. The van der Waals surface area contributed by atoms with Gasteiger partial charge >= 0.3 is 0 Å². The van der Waals surface area contributed by atoms with E-state index in [0.29, 0.717) is 5.92 Å². The Labute approximate surface area is 106 Å². The second kappa shape index (κ2) is 6.72. The summed E-state index contributed by atoms with van der Waals surface area (Å²) in [5.74, 6) is 0.684. The highest BCUT2D eigenvalue weighted by atomic mass is 15.3. The molecule has 2 aliphatic heterocycles. The standard InChI is InChI=1S/C14H29N3/c1-13(11-15)5-9-16-10-6-14(12-16)17-7-3-2-4-8-17/h13-14H,2-12,15H2,1H3. The zero-order valence-electron chi connectivity index (χ0n) is 11.4. The minimum absolute atomic E-state index is 0.684. The summed E-state index contributed by atoms with van der Waals surface area (Å²) in [5, 5.41) is 0. The highest BCUT2D eigenvalue weighted by Gasteiger charge is 2.28. The monoisotopic (exact) mass is 239 g/mol. The van der Waals surface area contributed by atoms with Gasteiger partial charge in [-0.1, -0.05) is 13.3 Å². The van der Waals surface area contributed by atoms with Gasteiger partial charge in [-0.15, -0.1) is 0 Å². The third-order valence-electron chi connectivity index (χ3n) is 4.50. The Balaban J connectivity index is 1.67. The molecule has 0 amide bonds. The van der Waals surface area contributed by atoms with Gasteiger partial charge in [0.1, 0.15) is 0 Å². The lowest BCUT2D eigenvalue weighted by Crippen LogP contribution is -2.41. The number of hydrogen-bond acceptors (Lipinski definition) is 3. The molecular weight excluding hydrogens is 210 g/mol. The second-order valence-electron chi connectivity index (χ2n) is 5.97. The molecular formula is C14H29N3. The van der Waals surface area contributed by atoms with Gasteiger partial charge in [-0.05, 0) is 64.3 Å². The molecule has 0 radical (unpaired) electrons. The number of nitrogens with zero attached hydrogens (tertiary/aromatic N) is 2. The minimum Gasteiger partial charge on any atom is -0.330 e. The zero-order valence-corrected chi connectivity index (χ0v) is 11.4. The van der Waals surface area contributed by atoms with Crippen LogP contribution in [-0.2, 0) is 0 Å². The van der Waals surface area contributed by atoms with Crippen molar-refractivity contribution in [1.29, 1.82) is 0 Å². The van der Waals surface area contributed by atoms with Gasteiger partial charge in [0.05, 0.1) is 0 Å². The highest BCUT2D eigenvalue weighted by Crippen LogP contribution is 2.20. The van der Waals surface area contributed by atoms with E-state index in [-0.39, 0.29) is 0 Å². The van der Waals surface area contributed by atoms with Crippen molar-refractivity contribution in [2.75, 3.05) is 39.3 Å². The van der Waals surface area contributed by atoms with Crippen LogP contribution >= 0.6 is 0 Å². The summed E-state index contributed by atoms with van der Waals surface area (Å²) in [5.41, 5.74) is 5.67. The molecule has 2 unspecified atom stereocenters. The van der Waals surface area contributed by atoms with Gasteiger partial charge in [-0.25, -0.2) is 0 Å². The van der Waals surface area contributed by atoms with Gasteiger partial charge in [0, 0.05) is 12.6 Å². The molecule has 17 heavy (non-hydrogen) atoms. The van der Waals surface area contributed by atoms with Gasteiger partial charge in [-0.3, -0.25) is 4.90 Å². The van der Waals surface area contributed by atoms with Crippen LogP contribution in [0, 0.1) is 5.92 Å². The molecule has 0 aliphatic carbocycles. The molecule has 3 heteroatoms. The van der Waals surface area contributed by atoms with Crippen LogP contribution in [0.1, 0.15) is 39.0 Å². The van der Waals surface area contributed by atoms with Crippen molar-refractivity contribution in [1.82, 2.24) is 9.80 Å². The predicted octanol–water partition coefficient (Wildman–Crippen LogP) is 1.53. The van der Waals surface area contributed by atoms with Gasteiger partial charge < -0.3 is 10.6 Å². The van der Waals surface area contributed by atoms with E-state index in [1.165, 1.54) is 64.8 Å². The maximum Gasteiger partial charge on any atom is 0.0235 e. The molecule has 0 spiro atoms. The first-order valence-corrected chi connectivity index (χ1v) is 7.46. The van der Waals surface area contributed by atoms with Crippen LogP contribution in [0.4, 0.5) is 0 Å². The van der Waals surface area contributed by atoms with E-state index in [9.17, 15) is 0 Å². The summed E-state index contributed by atoms with van der Waals surface area (Å²) in [6.07, 6.45) is 6.93. The molecule has 0 saturated carbocycles. The summed E-state index contributed by atoms with van der Waals surface area (Å²) in [6.45, 7) is 9.65. The number of piperidine rings is 1. The number of hydrogen-bond donors (Lipinski definition) is 1. The maximum atomic E-state index is 5.67. The van der Waals surface area contributed by atoms with Crippen molar-refractivity contribution in [2.45, 2.75) is 45.1 Å². The quantitative estimate of drug-likeness (QED) is 0.790. The Hall–Kier alpha value is -0.120. The molecule has 2 aliphatic rings. The smallest absolute Gasteiger partial charge is 0.0235 e. The van der Waals surface area contributed by atoms with Crippen LogP contribution in [0.15, 0.2) is 0 Å². The van der Waals surface area contributed by atoms with Crippen molar-refractivity contribution in [3.63, 3.8) is 0 Å². The lowest BCUT2D eigenvalue weighted by atomic mass is 10.1. The fourth-order valence-corrected chi connectivity index (χ4v) is 3.12. The molecule has 2 N–H and O–H groups in total. The highest BCUT2D eigenvalue weighted by molar-refractivity contribution is 4.84. The molecule has 2 rings (SSSR count). The average Bonchev–Trinajstić information content (AvgIpc) is 2.86. The summed E-state index contributed by atoms with van der Waals surface area (Å²) in [7, 11) is 0. The van der Waals surface area contributed by atoms with Crippen LogP contribution in [0.3, 0.4) is 0 Å². The van der Waals surface area contributed by atoms with Crippen molar-refractivity contribution in [2.24, 2.45) is 11.7 Å². The van der Waals surface area contributed by atoms with Crippen LogP contribution in [0.25, 0.3) is 0 Å². The lowest BCUT2D eigenvalue weighted by molar-refractivity contribution is 0.161. The van der Waals surface area contributed by atoms with E-state index in [0.717, 1.165) is 12.6 Å². The average molecular weight is 239 g/mol. The van der Waals surface area contributed by atoms with E-state index >= 15 is 0 Å². The molecule has 3 nitrogen and oxygen atoms in total. The normalized spacial score (nSPS) is 29.6. The minimum atomic E-state index is 0.684. The van der Waals surface area contributed by atoms with Crippen LogP contribution in [-0.4, -0.2) is 55.1 Å². The van der Waals surface area contributed by atoms with Gasteiger partial charge in [0.15, 0.2) is 0 Å². The summed E-state index contributed by atoms with van der Waals surface area (Å²) in [6, 6.07) is 0.850. The van der Waals surface area contributed by atoms with Crippen LogP contribution in [0.5, 0.6) is 0 Å². The molecule has 0 aromatic carbocycles. The van der Waals surface area contributed by atoms with Crippen molar-refractivity contribution < 1.29 is 0 Å². The second-order valence-corrected chi connectivity index (χ2v) is 5.97. The van der Waals surface area contributed by atoms with Gasteiger partial charge in [0.2, 0.25) is 0 Å². The van der Waals surface area contributed by atoms with E-state index in [4.69, 9.17) is 5.73 Å². The SMILES string of the molecule is CC(CN)CCN1CCC(N2CCCCC2)C1. The van der Waals surface area contributed by atoms with E-state index < -0.39 is 0 Å². The Bertz CT molecular complexity index is 214. The first-order valence-electron chi connectivity index (χ1n) is 7.46. The molecule has 100 valence electrons. The van der Waals surface area contributed by atoms with Crippen LogP contribution in [0.2, 0.25) is 0 Å². The molecule has 0 bridgehead atoms. The Morgan fingerprint density at radius 3 is 2.65 bits per heavy atom. The third kappa shape index (κ3) is 3.94. The third-order valence-corrected chi connectivity index (χ3v) is 4.50. The zero-order chi connectivity index (χ0) is 12.1. The van der Waals surface area contributed by atoms with Crippen LogP contribution < -0.4 is 5.73 Å². The van der Waals surface area contributed by atoms with Crippen molar-refractivity contribution in [3.8, 4) is 0 Å². The number of likely N-dealkylation sites (tertiary alicyclic amines) is 2. The van der Waals surface area contributed by atoms with Gasteiger partial charge in [-0.2, -0.15) is 0 Å². The van der Waals surface area contributed by atoms with Crippen molar-refractivity contribution in [3.05, 3.63) is 0 Å². The molecule has 2 fully saturated rings. The molecule has 2 saturated heterocycles. The first-order chi connectivity index (χ1) is 8.29. The maximum absolute atomic E-state index is 5.67. The summed E-state index contributed by atoms with van der Waals surface area (Å²) in [4.78, 5) is 5.38. The van der Waals surface area contributed by atoms with Gasteiger partial charge in [0.25, 0.3) is 0 Å². The van der Waals surface area contributed by atoms with Crippen molar-refractivity contribution >= 4 is 0 Å². The fraction of sp³-hybridized carbons (Fsp3) is 1.00. The predicted molar refractivity (Wildman–Crippen MR) is 73.1 cm³/mol. The molecule has 2 heterocycles. The van der Waals surface area contributed by atoms with E-state index in [1.807, 2.05) is 0 Å². The summed E-state index contributed by atoms with van der Waals surface area (Å²) < 4.78 is 0. The molecule has 0 aromatic rings. The molecule has 2 atom stereocenters. The largest absolute Gasteiger partial charge is 0.330 e.